The number of hydrogen-bond donors (Lipinski definition) is 2. The van der Waals surface area contributed by atoms with Crippen LogP contribution in [0.3, 0.4) is 0 Å². The predicted octanol–water partition coefficient (Wildman–Crippen LogP) is 2.38. The molecule has 0 aliphatic heterocycles. The second-order valence-electron chi connectivity index (χ2n) is 4.41. The van der Waals surface area contributed by atoms with Gasteiger partial charge in [-0.3, -0.25) is 9.59 Å². The van der Waals surface area contributed by atoms with E-state index in [9.17, 15) is 9.59 Å². The summed E-state index contributed by atoms with van der Waals surface area (Å²) in [4.78, 5) is 26.7. The Balaban J connectivity index is 1.85. The van der Waals surface area contributed by atoms with E-state index in [-0.39, 0.29) is 11.5 Å². The Morgan fingerprint density at radius 2 is 2.14 bits per heavy atom. The minimum atomic E-state index is -0.499. The van der Waals surface area contributed by atoms with Crippen LogP contribution in [0.4, 0.5) is 5.69 Å². The second kappa shape index (κ2) is 5.16. The number of amides is 1. The number of methoxy groups -OCH3 is 1. The summed E-state index contributed by atoms with van der Waals surface area (Å²) in [5.41, 5.74) is 1.10. The van der Waals surface area contributed by atoms with Gasteiger partial charge in [-0.25, -0.2) is 0 Å². The number of fused-ring (bicyclic) bond motifs is 1. The summed E-state index contributed by atoms with van der Waals surface area (Å²) in [7, 11) is 1.36. The maximum absolute atomic E-state index is 12.0. The summed E-state index contributed by atoms with van der Waals surface area (Å²) in [6, 6.07) is 8.49. The van der Waals surface area contributed by atoms with Crippen LogP contribution in [0.2, 0.25) is 0 Å². The first kappa shape index (κ1) is 13.0. The predicted molar refractivity (Wildman–Crippen MR) is 77.8 cm³/mol. The normalized spacial score (nSPS) is 10.5. The van der Waals surface area contributed by atoms with Crippen molar-refractivity contribution in [2.75, 3.05) is 12.4 Å². The molecule has 0 bridgehead atoms. The lowest BCUT2D eigenvalue weighted by Gasteiger charge is -2.05. The van der Waals surface area contributed by atoms with Crippen LogP contribution in [0.5, 0.6) is 5.75 Å². The molecule has 21 heavy (non-hydrogen) atoms. The zero-order valence-corrected chi connectivity index (χ0v) is 11.2. The van der Waals surface area contributed by atoms with E-state index in [0.717, 1.165) is 23.2 Å². The van der Waals surface area contributed by atoms with Gasteiger partial charge in [0.1, 0.15) is 6.26 Å². The number of benzene rings is 1. The molecule has 0 aliphatic carbocycles. The Morgan fingerprint density at radius 3 is 2.90 bits per heavy atom. The van der Waals surface area contributed by atoms with Crippen LogP contribution in [0.25, 0.3) is 10.9 Å². The Labute approximate surface area is 119 Å². The first-order valence-electron chi connectivity index (χ1n) is 6.23. The highest BCUT2D eigenvalue weighted by atomic mass is 16.5. The van der Waals surface area contributed by atoms with Crippen LogP contribution in [0.15, 0.2) is 52.0 Å². The molecule has 106 valence electrons. The van der Waals surface area contributed by atoms with Gasteiger partial charge in [0.25, 0.3) is 5.91 Å². The lowest BCUT2D eigenvalue weighted by atomic mass is 10.2. The number of nitrogens with one attached hydrogen (secondary N) is 2. The van der Waals surface area contributed by atoms with Gasteiger partial charge in [0.15, 0.2) is 5.76 Å². The summed E-state index contributed by atoms with van der Waals surface area (Å²) in [6.45, 7) is 0. The molecule has 3 aromatic rings. The fraction of sp³-hybridized carbons (Fsp3) is 0.0667. The van der Waals surface area contributed by atoms with Crippen molar-refractivity contribution in [3.8, 4) is 5.75 Å². The molecule has 1 amide bonds. The van der Waals surface area contributed by atoms with Crippen LogP contribution in [0, 0.1) is 0 Å². The van der Waals surface area contributed by atoms with Gasteiger partial charge in [-0.2, -0.15) is 0 Å². The van der Waals surface area contributed by atoms with Gasteiger partial charge in [-0.1, -0.05) is 6.07 Å². The highest BCUT2D eigenvalue weighted by Gasteiger charge is 2.12. The first-order valence-corrected chi connectivity index (χ1v) is 6.23. The van der Waals surface area contributed by atoms with Crippen molar-refractivity contribution < 1.29 is 13.9 Å². The zero-order valence-electron chi connectivity index (χ0n) is 11.2. The van der Waals surface area contributed by atoms with Crippen LogP contribution >= 0.6 is 0 Å². The smallest absolute Gasteiger partial charge is 0.291 e. The number of carbonyl (C=O) groups is 1. The number of rotatable bonds is 3. The maximum Gasteiger partial charge on any atom is 0.291 e. The first-order chi connectivity index (χ1) is 10.2. The number of carbonyl (C=O) groups excluding carboxylic acids is 1. The van der Waals surface area contributed by atoms with E-state index < -0.39 is 11.3 Å². The van der Waals surface area contributed by atoms with Gasteiger partial charge in [0.2, 0.25) is 11.2 Å². The minimum absolute atomic E-state index is 0.0550. The van der Waals surface area contributed by atoms with E-state index in [4.69, 9.17) is 9.15 Å². The van der Waals surface area contributed by atoms with Gasteiger partial charge in [-0.15, -0.1) is 0 Å². The maximum atomic E-state index is 12.0. The van der Waals surface area contributed by atoms with Crippen molar-refractivity contribution in [1.82, 2.24) is 4.98 Å². The van der Waals surface area contributed by atoms with Crippen molar-refractivity contribution in [2.24, 2.45) is 0 Å². The average molecular weight is 284 g/mol. The van der Waals surface area contributed by atoms with Gasteiger partial charge >= 0.3 is 0 Å². The van der Waals surface area contributed by atoms with Crippen LogP contribution in [-0.2, 0) is 0 Å². The summed E-state index contributed by atoms with van der Waals surface area (Å²) < 4.78 is 9.89. The lowest BCUT2D eigenvalue weighted by molar-refractivity contribution is 0.0993. The molecule has 1 aromatic carbocycles. The Kier molecular flexibility index (Phi) is 3.19. The van der Waals surface area contributed by atoms with E-state index in [1.165, 1.54) is 7.11 Å². The van der Waals surface area contributed by atoms with Crippen molar-refractivity contribution in [2.45, 2.75) is 0 Å². The van der Waals surface area contributed by atoms with Gasteiger partial charge < -0.3 is 19.5 Å². The van der Waals surface area contributed by atoms with Gasteiger partial charge in [0.05, 0.1) is 7.11 Å². The SMILES string of the molecule is COc1coc(C(=O)Nc2ccc3cc[nH]c3c2)cc1=O. The summed E-state index contributed by atoms with van der Waals surface area (Å²) >= 11 is 0. The number of ether oxygens (including phenoxy) is 1. The fourth-order valence-corrected chi connectivity index (χ4v) is 1.99. The van der Waals surface area contributed by atoms with E-state index in [1.54, 1.807) is 12.1 Å². The largest absolute Gasteiger partial charge is 0.490 e. The quantitative estimate of drug-likeness (QED) is 0.773. The third-order valence-corrected chi connectivity index (χ3v) is 3.05. The molecule has 0 atom stereocenters. The molecule has 0 spiro atoms. The Morgan fingerprint density at radius 1 is 1.29 bits per heavy atom. The molecule has 0 saturated heterocycles. The number of aromatic amines is 1. The van der Waals surface area contributed by atoms with Crippen molar-refractivity contribution in [3.05, 3.63) is 58.8 Å². The fourth-order valence-electron chi connectivity index (χ4n) is 1.99. The minimum Gasteiger partial charge on any atom is -0.490 e. The number of aromatic nitrogens is 1. The van der Waals surface area contributed by atoms with E-state index >= 15 is 0 Å². The summed E-state index contributed by atoms with van der Waals surface area (Å²) in [6.07, 6.45) is 2.93. The van der Waals surface area contributed by atoms with Gasteiger partial charge in [0, 0.05) is 23.5 Å². The highest BCUT2D eigenvalue weighted by Crippen LogP contribution is 2.18. The number of hydrogen-bond acceptors (Lipinski definition) is 4. The second-order valence-corrected chi connectivity index (χ2v) is 4.41. The molecular formula is C15H12N2O4. The summed E-state index contributed by atoms with van der Waals surface area (Å²) in [5.74, 6) is -0.521. The molecule has 0 unspecified atom stereocenters. The van der Waals surface area contributed by atoms with Crippen molar-refractivity contribution in [3.63, 3.8) is 0 Å². The van der Waals surface area contributed by atoms with Gasteiger partial charge in [-0.05, 0) is 23.6 Å². The van der Waals surface area contributed by atoms with Crippen molar-refractivity contribution >= 4 is 22.5 Å². The third-order valence-electron chi connectivity index (χ3n) is 3.05. The average Bonchev–Trinajstić information content (AvgIpc) is 2.94. The molecule has 2 aromatic heterocycles. The molecule has 0 saturated carbocycles. The molecule has 0 fully saturated rings. The van der Waals surface area contributed by atoms with Crippen LogP contribution < -0.4 is 15.5 Å². The van der Waals surface area contributed by atoms with Crippen molar-refractivity contribution in [1.29, 1.82) is 0 Å². The zero-order chi connectivity index (χ0) is 14.8. The van der Waals surface area contributed by atoms with Crippen LogP contribution in [-0.4, -0.2) is 18.0 Å². The molecule has 2 heterocycles. The lowest BCUT2D eigenvalue weighted by Crippen LogP contribution is -2.15. The van der Waals surface area contributed by atoms with E-state index in [2.05, 4.69) is 10.3 Å². The topological polar surface area (TPSA) is 84.3 Å². The van der Waals surface area contributed by atoms with E-state index in [0.29, 0.717) is 5.69 Å². The van der Waals surface area contributed by atoms with E-state index in [1.807, 2.05) is 18.3 Å². The highest BCUT2D eigenvalue weighted by molar-refractivity contribution is 6.03. The molecule has 6 nitrogen and oxygen atoms in total. The third kappa shape index (κ3) is 2.51. The molecule has 0 aliphatic rings. The Bertz CT molecular complexity index is 863. The standard InChI is InChI=1S/C15H12N2O4/c1-20-14-8-21-13(7-12(14)18)15(19)17-10-3-2-9-4-5-16-11(9)6-10/h2-8,16H,1H3,(H,17,19). The molecule has 6 heteroatoms. The molecule has 3 rings (SSSR count). The van der Waals surface area contributed by atoms with Crippen LogP contribution in [0.1, 0.15) is 10.6 Å². The molecular weight excluding hydrogens is 272 g/mol. The number of H-pyrrole nitrogens is 1. The molecule has 2 N–H and O–H groups in total. The monoisotopic (exact) mass is 284 g/mol. The number of anilines is 1. The Hall–Kier alpha value is -3.02. The summed E-state index contributed by atoms with van der Waals surface area (Å²) in [5, 5.41) is 3.72. The molecule has 0 radical (unpaired) electrons.